The highest BCUT2D eigenvalue weighted by Crippen LogP contribution is 2.21. The van der Waals surface area contributed by atoms with Gasteiger partial charge in [0, 0.05) is 18.7 Å². The van der Waals surface area contributed by atoms with Gasteiger partial charge < -0.3 is 5.32 Å². The van der Waals surface area contributed by atoms with E-state index in [9.17, 15) is 4.79 Å². The van der Waals surface area contributed by atoms with E-state index in [4.69, 9.17) is 0 Å². The molecule has 6 heteroatoms. The Hall–Kier alpha value is -0.880. The molecule has 0 aliphatic heterocycles. The first-order valence-electron chi connectivity index (χ1n) is 6.10. The van der Waals surface area contributed by atoms with Gasteiger partial charge in [-0.15, -0.1) is 10.2 Å². The molecule has 0 radical (unpaired) electrons. The smallest absolute Gasteiger partial charge is 0.220 e. The molecule has 1 aromatic heterocycles. The third-order valence-corrected chi connectivity index (χ3v) is 4.69. The molecule has 18 heavy (non-hydrogen) atoms. The van der Waals surface area contributed by atoms with E-state index in [0.29, 0.717) is 18.9 Å². The lowest BCUT2D eigenvalue weighted by molar-refractivity contribution is -0.121. The number of allylic oxidation sites excluding steroid dienone is 2. The van der Waals surface area contributed by atoms with Crippen molar-refractivity contribution in [1.82, 2.24) is 15.5 Å². The Bertz CT molecular complexity index is 431. The number of thioether (sulfide) groups is 1. The van der Waals surface area contributed by atoms with Crippen LogP contribution in [0.4, 0.5) is 0 Å². The maximum absolute atomic E-state index is 11.6. The SMILES string of the molecule is Cc1nnc(SCCNC(=O)C[C@H]2C=CCC2)s1. The van der Waals surface area contributed by atoms with Gasteiger partial charge >= 0.3 is 0 Å². The lowest BCUT2D eigenvalue weighted by atomic mass is 10.1. The summed E-state index contributed by atoms with van der Waals surface area (Å²) in [5.41, 5.74) is 0. The molecule has 0 saturated carbocycles. The Morgan fingerprint density at radius 1 is 1.61 bits per heavy atom. The van der Waals surface area contributed by atoms with Crippen LogP contribution < -0.4 is 5.32 Å². The second-order valence-corrected chi connectivity index (χ2v) is 6.78. The molecule has 0 aromatic carbocycles. The fourth-order valence-electron chi connectivity index (χ4n) is 1.84. The highest BCUT2D eigenvalue weighted by atomic mass is 32.2. The quantitative estimate of drug-likeness (QED) is 0.495. The molecule has 1 aliphatic carbocycles. The lowest BCUT2D eigenvalue weighted by Gasteiger charge is -2.07. The van der Waals surface area contributed by atoms with Crippen LogP contribution in [-0.4, -0.2) is 28.4 Å². The summed E-state index contributed by atoms with van der Waals surface area (Å²) in [6.45, 7) is 2.64. The molecular formula is C12H17N3OS2. The number of nitrogens with one attached hydrogen (secondary N) is 1. The lowest BCUT2D eigenvalue weighted by Crippen LogP contribution is -2.27. The number of rotatable bonds is 6. The first-order valence-corrected chi connectivity index (χ1v) is 7.90. The zero-order chi connectivity index (χ0) is 12.8. The standard InChI is InChI=1S/C12H17N3OS2/c1-9-14-15-12(18-9)17-7-6-13-11(16)8-10-4-2-3-5-10/h2,4,10H,3,5-8H2,1H3,(H,13,16)/t10-/m0/s1. The number of amides is 1. The van der Waals surface area contributed by atoms with Gasteiger partial charge in [0.15, 0.2) is 4.34 Å². The summed E-state index contributed by atoms with van der Waals surface area (Å²) >= 11 is 3.23. The zero-order valence-corrected chi connectivity index (χ0v) is 12.0. The molecule has 98 valence electrons. The fraction of sp³-hybridized carbons (Fsp3) is 0.583. The highest BCUT2D eigenvalue weighted by molar-refractivity contribution is 8.01. The summed E-state index contributed by atoms with van der Waals surface area (Å²) in [6.07, 6.45) is 7.17. The van der Waals surface area contributed by atoms with Crippen LogP contribution in [0.3, 0.4) is 0 Å². The topological polar surface area (TPSA) is 54.9 Å². The summed E-state index contributed by atoms with van der Waals surface area (Å²) in [7, 11) is 0. The first kappa shape index (κ1) is 13.5. The maximum atomic E-state index is 11.6. The van der Waals surface area contributed by atoms with Crippen molar-refractivity contribution in [3.63, 3.8) is 0 Å². The van der Waals surface area contributed by atoms with Gasteiger partial charge in [0.05, 0.1) is 0 Å². The second-order valence-electron chi connectivity index (χ2n) is 4.26. The van der Waals surface area contributed by atoms with E-state index in [1.54, 1.807) is 23.1 Å². The number of aromatic nitrogens is 2. The molecule has 2 rings (SSSR count). The van der Waals surface area contributed by atoms with E-state index < -0.39 is 0 Å². The number of hydrogen-bond acceptors (Lipinski definition) is 5. The molecule has 0 saturated heterocycles. The van der Waals surface area contributed by atoms with Crippen LogP contribution in [0.1, 0.15) is 24.3 Å². The van der Waals surface area contributed by atoms with Crippen LogP contribution in [0.25, 0.3) is 0 Å². The van der Waals surface area contributed by atoms with Crippen LogP contribution in [0.5, 0.6) is 0 Å². The van der Waals surface area contributed by atoms with Gasteiger partial charge in [-0.25, -0.2) is 0 Å². The summed E-state index contributed by atoms with van der Waals surface area (Å²) < 4.78 is 0.973. The molecule has 0 fully saturated rings. The van der Waals surface area contributed by atoms with Crippen molar-refractivity contribution < 1.29 is 4.79 Å². The number of carbonyl (C=O) groups is 1. The molecule has 1 N–H and O–H groups in total. The van der Waals surface area contributed by atoms with Crippen molar-refractivity contribution in [2.45, 2.75) is 30.5 Å². The monoisotopic (exact) mass is 283 g/mol. The third kappa shape index (κ3) is 4.42. The van der Waals surface area contributed by atoms with Crippen LogP contribution in [-0.2, 0) is 4.79 Å². The van der Waals surface area contributed by atoms with Crippen molar-refractivity contribution in [1.29, 1.82) is 0 Å². The zero-order valence-electron chi connectivity index (χ0n) is 10.4. The van der Waals surface area contributed by atoms with Gasteiger partial charge in [-0.1, -0.05) is 35.3 Å². The van der Waals surface area contributed by atoms with Gasteiger partial charge in [0.25, 0.3) is 0 Å². The molecule has 1 aromatic rings. The number of hydrogen-bond donors (Lipinski definition) is 1. The molecule has 4 nitrogen and oxygen atoms in total. The first-order chi connectivity index (χ1) is 8.74. The molecule has 0 unspecified atom stereocenters. The molecule has 1 heterocycles. The van der Waals surface area contributed by atoms with Crippen LogP contribution >= 0.6 is 23.1 Å². The van der Waals surface area contributed by atoms with Gasteiger partial charge in [0.2, 0.25) is 5.91 Å². The minimum Gasteiger partial charge on any atom is -0.355 e. The predicted octanol–water partition coefficient (Wildman–Crippen LogP) is 2.41. The van der Waals surface area contributed by atoms with Crippen LogP contribution in [0.15, 0.2) is 16.5 Å². The summed E-state index contributed by atoms with van der Waals surface area (Å²) in [6, 6.07) is 0. The van der Waals surface area contributed by atoms with Gasteiger partial charge in [-0.2, -0.15) is 0 Å². The summed E-state index contributed by atoms with van der Waals surface area (Å²) in [5.74, 6) is 1.45. The normalized spacial score (nSPS) is 18.2. The molecule has 0 bridgehead atoms. The Morgan fingerprint density at radius 3 is 3.17 bits per heavy atom. The number of aryl methyl sites for hydroxylation is 1. The van der Waals surface area contributed by atoms with Crippen molar-refractivity contribution in [3.05, 3.63) is 17.2 Å². The van der Waals surface area contributed by atoms with Crippen molar-refractivity contribution >= 4 is 29.0 Å². The summed E-state index contributed by atoms with van der Waals surface area (Å²) in [4.78, 5) is 11.6. The fourth-order valence-corrected chi connectivity index (χ4v) is 3.58. The molecule has 1 atom stereocenters. The average molecular weight is 283 g/mol. The van der Waals surface area contributed by atoms with Crippen molar-refractivity contribution in [2.24, 2.45) is 5.92 Å². The Morgan fingerprint density at radius 2 is 2.50 bits per heavy atom. The molecule has 1 aliphatic rings. The Balaban J connectivity index is 1.57. The highest BCUT2D eigenvalue weighted by Gasteiger charge is 2.13. The van der Waals surface area contributed by atoms with Gasteiger partial charge in [-0.3, -0.25) is 4.79 Å². The van der Waals surface area contributed by atoms with Crippen molar-refractivity contribution in [3.8, 4) is 0 Å². The summed E-state index contributed by atoms with van der Waals surface area (Å²) in [5, 5.41) is 11.9. The minimum atomic E-state index is 0.153. The van der Waals surface area contributed by atoms with E-state index in [1.165, 1.54) is 0 Å². The van der Waals surface area contributed by atoms with Crippen LogP contribution in [0.2, 0.25) is 0 Å². The minimum absolute atomic E-state index is 0.153. The van der Waals surface area contributed by atoms with E-state index in [2.05, 4.69) is 27.7 Å². The van der Waals surface area contributed by atoms with Gasteiger partial charge in [0.1, 0.15) is 5.01 Å². The number of nitrogens with zero attached hydrogens (tertiary/aromatic N) is 2. The van der Waals surface area contributed by atoms with Crippen LogP contribution in [0, 0.1) is 12.8 Å². The predicted molar refractivity (Wildman–Crippen MR) is 74.9 cm³/mol. The van der Waals surface area contributed by atoms with Crippen molar-refractivity contribution in [2.75, 3.05) is 12.3 Å². The molecule has 1 amide bonds. The Labute approximate surface area is 115 Å². The third-order valence-electron chi connectivity index (χ3n) is 2.72. The molecular weight excluding hydrogens is 266 g/mol. The van der Waals surface area contributed by atoms with E-state index in [1.807, 2.05) is 6.92 Å². The van der Waals surface area contributed by atoms with E-state index in [0.717, 1.165) is 27.9 Å². The average Bonchev–Trinajstić information content (AvgIpc) is 2.96. The van der Waals surface area contributed by atoms with Gasteiger partial charge in [-0.05, 0) is 25.7 Å². The molecule has 0 spiro atoms. The Kier molecular flexibility index (Phi) is 5.19. The maximum Gasteiger partial charge on any atom is 0.220 e. The van der Waals surface area contributed by atoms with E-state index in [-0.39, 0.29) is 5.91 Å². The second kappa shape index (κ2) is 6.89. The number of carbonyl (C=O) groups excluding carboxylic acids is 1. The largest absolute Gasteiger partial charge is 0.355 e. The van der Waals surface area contributed by atoms with E-state index >= 15 is 0 Å².